The van der Waals surface area contributed by atoms with Gasteiger partial charge in [-0.05, 0) is 84.2 Å². The minimum absolute atomic E-state index is 0.854. The minimum Gasteiger partial charge on any atom is -0.285 e. The van der Waals surface area contributed by atoms with Crippen LogP contribution in [0.25, 0.3) is 28.2 Å². The topological polar surface area (TPSA) is 29.7 Å². The first-order valence-electron chi connectivity index (χ1n) is 16.4. The first-order chi connectivity index (χ1) is 23.3. The maximum absolute atomic E-state index is 4.82. The molecular formula is C44H37N3. The molecule has 3 heterocycles. The second-order valence-electron chi connectivity index (χ2n) is 12.0. The highest BCUT2D eigenvalue weighted by molar-refractivity contribution is 5.59. The van der Waals surface area contributed by atoms with E-state index in [2.05, 4.69) is 121 Å². The van der Waals surface area contributed by atoms with Crippen LogP contribution in [0.1, 0.15) is 33.4 Å². The number of hydrogen-bond acceptors (Lipinski definition) is 2. The number of nitrogens with zero attached hydrogens (tertiary/aromatic N) is 3. The largest absolute Gasteiger partial charge is 0.285 e. The summed E-state index contributed by atoms with van der Waals surface area (Å²) in [7, 11) is 0. The van der Waals surface area contributed by atoms with E-state index in [1.807, 2.05) is 53.5 Å². The Morgan fingerprint density at radius 2 is 1.11 bits per heavy atom. The van der Waals surface area contributed by atoms with E-state index in [1.165, 1.54) is 33.4 Å². The average Bonchev–Trinajstić information content (AvgIpc) is 3.15. The summed E-state index contributed by atoms with van der Waals surface area (Å²) in [5.41, 5.74) is 13.3. The Balaban J connectivity index is 1.09. The van der Waals surface area contributed by atoms with Crippen molar-refractivity contribution in [2.75, 3.05) is 0 Å². The molecule has 0 aliphatic carbocycles. The number of pyridine rings is 3. The SMILES string of the molecule is [c-]1cccc[n+]1-c1cccc(CCc2ccc(CCc3ccc(-c4ccccc4)nc3)c(Cc3ccc(-c4ccccc4)nc3)c2)c1. The lowest BCUT2D eigenvalue weighted by molar-refractivity contribution is -0.600. The molecule has 0 unspecified atom stereocenters. The standard InChI is InChI=1S/C44H37N3/c1-4-12-39(13-5-1)43-25-21-36(32-45-43)20-24-38-23-19-35(18-17-34-11-10-16-42(31-34)47-27-8-3-9-28-47)29-41(38)30-37-22-26-44(46-33-37)40-14-6-2-7-15-40/h1-16,19,21-23,25-27,29,31-33H,17-18,20,24,30H2. The monoisotopic (exact) mass is 607 g/mol. The van der Waals surface area contributed by atoms with E-state index in [1.54, 1.807) is 0 Å². The van der Waals surface area contributed by atoms with Crippen LogP contribution in [-0.4, -0.2) is 9.97 Å². The predicted octanol–water partition coefficient (Wildman–Crippen LogP) is 9.05. The summed E-state index contributed by atoms with van der Waals surface area (Å²) < 4.78 is 2.04. The lowest BCUT2D eigenvalue weighted by atomic mass is 9.92. The molecule has 0 N–H and O–H groups in total. The highest BCUT2D eigenvalue weighted by atomic mass is 14.9. The third kappa shape index (κ3) is 7.77. The Bertz CT molecular complexity index is 2020. The molecule has 0 amide bonds. The molecule has 3 aromatic heterocycles. The number of hydrogen-bond donors (Lipinski definition) is 0. The van der Waals surface area contributed by atoms with Crippen LogP contribution < -0.4 is 4.57 Å². The van der Waals surface area contributed by atoms with Gasteiger partial charge in [0.2, 0.25) is 0 Å². The van der Waals surface area contributed by atoms with Gasteiger partial charge in [0.15, 0.2) is 6.20 Å². The van der Waals surface area contributed by atoms with E-state index in [0.29, 0.717) is 0 Å². The van der Waals surface area contributed by atoms with E-state index >= 15 is 0 Å². The van der Waals surface area contributed by atoms with Gasteiger partial charge in [-0.15, -0.1) is 6.07 Å². The third-order valence-corrected chi connectivity index (χ3v) is 8.68. The fourth-order valence-corrected chi connectivity index (χ4v) is 6.07. The molecule has 0 radical (unpaired) electrons. The molecule has 0 aliphatic heterocycles. The molecule has 3 nitrogen and oxygen atoms in total. The van der Waals surface area contributed by atoms with Gasteiger partial charge in [-0.3, -0.25) is 14.5 Å². The number of aryl methyl sites for hydroxylation is 4. The predicted molar refractivity (Wildman–Crippen MR) is 190 cm³/mol. The maximum atomic E-state index is 4.82. The normalized spacial score (nSPS) is 11.0. The van der Waals surface area contributed by atoms with Gasteiger partial charge in [0.05, 0.1) is 17.6 Å². The van der Waals surface area contributed by atoms with Gasteiger partial charge in [0.25, 0.3) is 0 Å². The van der Waals surface area contributed by atoms with Gasteiger partial charge in [0, 0.05) is 23.5 Å². The average molecular weight is 608 g/mol. The second kappa shape index (κ2) is 14.6. The van der Waals surface area contributed by atoms with Gasteiger partial charge in [0.1, 0.15) is 5.69 Å². The van der Waals surface area contributed by atoms with Crippen molar-refractivity contribution in [2.45, 2.75) is 32.1 Å². The van der Waals surface area contributed by atoms with E-state index < -0.39 is 0 Å². The van der Waals surface area contributed by atoms with Gasteiger partial charge < -0.3 is 0 Å². The molecule has 0 saturated carbocycles. The molecule has 228 valence electrons. The fraction of sp³-hybridized carbons (Fsp3) is 0.114. The van der Waals surface area contributed by atoms with Crippen molar-refractivity contribution in [1.29, 1.82) is 0 Å². The van der Waals surface area contributed by atoms with Crippen molar-refractivity contribution in [3.63, 3.8) is 0 Å². The van der Waals surface area contributed by atoms with Crippen LogP contribution in [-0.2, 0) is 32.1 Å². The van der Waals surface area contributed by atoms with Crippen LogP contribution in [0, 0.1) is 6.20 Å². The Kier molecular flexibility index (Phi) is 9.33. The highest BCUT2D eigenvalue weighted by Gasteiger charge is 2.10. The third-order valence-electron chi connectivity index (χ3n) is 8.68. The van der Waals surface area contributed by atoms with E-state index in [4.69, 9.17) is 9.97 Å². The summed E-state index contributed by atoms with van der Waals surface area (Å²) in [5, 5.41) is 0. The zero-order chi connectivity index (χ0) is 31.7. The second-order valence-corrected chi connectivity index (χ2v) is 12.0. The van der Waals surface area contributed by atoms with Crippen molar-refractivity contribution in [3.05, 3.63) is 204 Å². The first kappa shape index (κ1) is 30.0. The summed E-state index contributed by atoms with van der Waals surface area (Å²) in [6.45, 7) is 0. The Hall–Kier alpha value is -5.67. The molecule has 0 fully saturated rings. The van der Waals surface area contributed by atoms with E-state index in [9.17, 15) is 0 Å². The zero-order valence-electron chi connectivity index (χ0n) is 26.5. The van der Waals surface area contributed by atoms with Crippen LogP contribution >= 0.6 is 0 Å². The molecule has 7 aromatic rings. The van der Waals surface area contributed by atoms with Crippen molar-refractivity contribution >= 4 is 0 Å². The summed E-state index contributed by atoms with van der Waals surface area (Å²) >= 11 is 0. The number of benzene rings is 4. The smallest absolute Gasteiger partial charge is 0.152 e. The van der Waals surface area contributed by atoms with E-state index in [-0.39, 0.29) is 0 Å². The minimum atomic E-state index is 0.854. The quantitative estimate of drug-likeness (QED) is 0.108. The van der Waals surface area contributed by atoms with Crippen LogP contribution in [0.2, 0.25) is 0 Å². The summed E-state index contributed by atoms with van der Waals surface area (Å²) in [6.07, 6.45) is 14.1. The van der Waals surface area contributed by atoms with Crippen molar-refractivity contribution in [1.82, 2.24) is 9.97 Å². The molecule has 47 heavy (non-hydrogen) atoms. The molecule has 7 rings (SSSR count). The summed E-state index contributed by atoms with van der Waals surface area (Å²) in [6, 6.07) is 51.3. The highest BCUT2D eigenvalue weighted by Crippen LogP contribution is 2.23. The lowest BCUT2D eigenvalue weighted by Crippen LogP contribution is -2.29. The van der Waals surface area contributed by atoms with Crippen LogP contribution in [0.15, 0.2) is 164 Å². The lowest BCUT2D eigenvalue weighted by Gasteiger charge is -2.14. The first-order valence-corrected chi connectivity index (χ1v) is 16.4. The van der Waals surface area contributed by atoms with Crippen LogP contribution in [0.4, 0.5) is 0 Å². The zero-order valence-corrected chi connectivity index (χ0v) is 26.5. The van der Waals surface area contributed by atoms with Crippen LogP contribution in [0.5, 0.6) is 0 Å². The molecule has 3 heteroatoms. The molecule has 0 atom stereocenters. The molecule has 0 spiro atoms. The van der Waals surface area contributed by atoms with Gasteiger partial charge in [-0.1, -0.05) is 121 Å². The van der Waals surface area contributed by atoms with Gasteiger partial charge in [-0.25, -0.2) is 0 Å². The Morgan fingerprint density at radius 1 is 0.468 bits per heavy atom. The Labute approximate surface area is 277 Å². The van der Waals surface area contributed by atoms with Crippen molar-refractivity contribution < 1.29 is 4.57 Å². The fourth-order valence-electron chi connectivity index (χ4n) is 6.07. The molecule has 4 aromatic carbocycles. The molecule has 0 saturated heterocycles. The summed E-state index contributed by atoms with van der Waals surface area (Å²) in [4.78, 5) is 9.59. The van der Waals surface area contributed by atoms with Crippen molar-refractivity contribution in [3.8, 4) is 28.2 Å². The number of rotatable bonds is 11. The van der Waals surface area contributed by atoms with Crippen LogP contribution in [0.3, 0.4) is 0 Å². The van der Waals surface area contributed by atoms with E-state index in [0.717, 1.165) is 60.3 Å². The molecular weight excluding hydrogens is 571 g/mol. The Morgan fingerprint density at radius 3 is 1.74 bits per heavy atom. The van der Waals surface area contributed by atoms with Gasteiger partial charge >= 0.3 is 0 Å². The maximum Gasteiger partial charge on any atom is 0.152 e. The number of aromatic nitrogens is 3. The molecule has 0 bridgehead atoms. The summed E-state index contributed by atoms with van der Waals surface area (Å²) in [5.74, 6) is 0. The van der Waals surface area contributed by atoms with Crippen molar-refractivity contribution in [2.24, 2.45) is 0 Å². The van der Waals surface area contributed by atoms with Gasteiger partial charge in [-0.2, -0.15) is 0 Å². The molecule has 0 aliphatic rings.